The number of ether oxygens (including phenoxy) is 1. The summed E-state index contributed by atoms with van der Waals surface area (Å²) in [6.07, 6.45) is 4.23. The van der Waals surface area contributed by atoms with E-state index in [0.29, 0.717) is 13.2 Å². The van der Waals surface area contributed by atoms with Crippen molar-refractivity contribution in [3.05, 3.63) is 75.3 Å². The first-order chi connectivity index (χ1) is 15.5. The molecule has 2 aromatic heterocycles. The van der Waals surface area contributed by atoms with Crippen molar-refractivity contribution in [2.75, 3.05) is 6.26 Å². The van der Waals surface area contributed by atoms with Crippen LogP contribution in [0.2, 0.25) is 0 Å². The van der Waals surface area contributed by atoms with Crippen LogP contribution in [0.15, 0.2) is 47.5 Å². The Hall–Kier alpha value is -2.86. The summed E-state index contributed by atoms with van der Waals surface area (Å²) < 4.78 is 7.58. The summed E-state index contributed by atoms with van der Waals surface area (Å²) in [7, 11) is 0. The van der Waals surface area contributed by atoms with Crippen LogP contribution in [0.25, 0.3) is 22.3 Å². The summed E-state index contributed by atoms with van der Waals surface area (Å²) in [4.78, 5) is 27.0. The van der Waals surface area contributed by atoms with E-state index in [2.05, 4.69) is 57.3 Å². The first-order valence-electron chi connectivity index (χ1n) is 10.9. The zero-order valence-corrected chi connectivity index (χ0v) is 20.0. The number of carbonyl (C=O) groups excluding carboxylic acids is 1. The van der Waals surface area contributed by atoms with Crippen LogP contribution in [0.5, 0.6) is 0 Å². The minimum Gasteiger partial charge on any atom is -0.493 e. The van der Waals surface area contributed by atoms with E-state index in [9.17, 15) is 4.79 Å². The van der Waals surface area contributed by atoms with Gasteiger partial charge in [0.15, 0.2) is 0 Å². The smallest absolute Gasteiger partial charge is 0.258 e. The number of aromatic nitrogens is 2. The van der Waals surface area contributed by atoms with Crippen LogP contribution in [0.1, 0.15) is 55.4 Å². The van der Waals surface area contributed by atoms with Gasteiger partial charge in [-0.15, -0.1) is 0 Å². The first kappa shape index (κ1) is 23.8. The predicted molar refractivity (Wildman–Crippen MR) is 134 cm³/mol. The molecule has 2 aliphatic rings. The van der Waals surface area contributed by atoms with Gasteiger partial charge in [0.1, 0.15) is 12.9 Å². The predicted octanol–water partition coefficient (Wildman–Crippen LogP) is 5.28. The van der Waals surface area contributed by atoms with Crippen LogP contribution in [0.3, 0.4) is 0 Å². The molecule has 0 fully saturated rings. The second-order valence-electron chi connectivity index (χ2n) is 7.59. The van der Waals surface area contributed by atoms with Crippen LogP contribution >= 0.6 is 12.6 Å². The van der Waals surface area contributed by atoms with Gasteiger partial charge >= 0.3 is 0 Å². The molecule has 4 heterocycles. The standard InChI is InChI=1S/C23H22N2O2.C2H4O.CH4S/c1-4-14-13(3)27-12-19-17(14)10-21-22-18(11-25(21)23(19)26)15(5-2)16-8-6-7-9-20(16)24-22;1-2-3;1-2/h6-10,14H,3-5,11-12H2,1-2H3;2H,1H3;2H,1H3. The zero-order valence-electron chi connectivity index (χ0n) is 19.1. The lowest BCUT2D eigenvalue weighted by atomic mass is 9.89. The van der Waals surface area contributed by atoms with E-state index in [0.717, 1.165) is 52.9 Å². The Morgan fingerprint density at radius 2 is 1.94 bits per heavy atom. The molecule has 1 unspecified atom stereocenters. The van der Waals surface area contributed by atoms with E-state index in [-0.39, 0.29) is 11.5 Å². The fraction of sp³-hybridized carbons (Fsp3) is 0.346. The van der Waals surface area contributed by atoms with Crippen LogP contribution in [0, 0.1) is 0 Å². The molecule has 6 heteroatoms. The van der Waals surface area contributed by atoms with Gasteiger partial charge in [-0.25, -0.2) is 4.98 Å². The Morgan fingerprint density at radius 1 is 1.25 bits per heavy atom. The number of nitrogens with zero attached hydrogens (tertiary/aromatic N) is 2. The van der Waals surface area contributed by atoms with Crippen LogP contribution in [-0.4, -0.2) is 22.1 Å². The fourth-order valence-corrected chi connectivity index (χ4v) is 4.67. The maximum atomic E-state index is 13.3. The zero-order chi connectivity index (χ0) is 23.4. The molecule has 0 amide bonds. The van der Waals surface area contributed by atoms with Crippen LogP contribution in [-0.2, 0) is 29.1 Å². The highest BCUT2D eigenvalue weighted by Crippen LogP contribution is 2.40. The van der Waals surface area contributed by atoms with Gasteiger partial charge < -0.3 is 14.1 Å². The number of aldehydes is 1. The number of thiol groups is 1. The summed E-state index contributed by atoms with van der Waals surface area (Å²) in [5, 5.41) is 1.19. The highest BCUT2D eigenvalue weighted by Gasteiger charge is 2.32. The number of aryl methyl sites for hydroxylation is 1. The Balaban J connectivity index is 0.000000536. The van der Waals surface area contributed by atoms with Gasteiger partial charge in [0.25, 0.3) is 5.56 Å². The quantitative estimate of drug-likeness (QED) is 0.334. The molecule has 0 spiro atoms. The van der Waals surface area contributed by atoms with E-state index in [4.69, 9.17) is 14.5 Å². The Morgan fingerprint density at radius 3 is 2.59 bits per heavy atom. The lowest BCUT2D eigenvalue weighted by molar-refractivity contribution is -0.106. The number of hydrogen-bond acceptors (Lipinski definition) is 5. The monoisotopic (exact) mass is 450 g/mol. The van der Waals surface area contributed by atoms with Crippen molar-refractivity contribution in [2.45, 2.75) is 52.7 Å². The van der Waals surface area contributed by atoms with Crippen molar-refractivity contribution in [3.63, 3.8) is 0 Å². The molecule has 1 atom stereocenters. The summed E-state index contributed by atoms with van der Waals surface area (Å²) in [6, 6.07) is 10.4. The Labute approximate surface area is 194 Å². The molecule has 0 saturated carbocycles. The van der Waals surface area contributed by atoms with Crippen LogP contribution in [0.4, 0.5) is 0 Å². The van der Waals surface area contributed by atoms with Crippen molar-refractivity contribution in [1.82, 2.24) is 9.55 Å². The number of rotatable bonds is 2. The third-order valence-corrected chi connectivity index (χ3v) is 6.03. The Kier molecular flexibility index (Phi) is 7.56. The molecule has 5 rings (SSSR count). The molecule has 2 aliphatic heterocycles. The van der Waals surface area contributed by atoms with Gasteiger partial charge in [0, 0.05) is 16.9 Å². The maximum absolute atomic E-state index is 13.3. The minimum atomic E-state index is 0.0533. The second kappa shape index (κ2) is 10.2. The maximum Gasteiger partial charge on any atom is 0.258 e. The number of para-hydroxylation sites is 1. The summed E-state index contributed by atoms with van der Waals surface area (Å²) in [5.41, 5.74) is 7.25. The summed E-state index contributed by atoms with van der Waals surface area (Å²) >= 11 is 3.53. The van der Waals surface area contributed by atoms with Gasteiger partial charge in [-0.1, -0.05) is 38.6 Å². The molecule has 0 saturated heterocycles. The molecule has 32 heavy (non-hydrogen) atoms. The average Bonchev–Trinajstić information content (AvgIpc) is 3.18. The van der Waals surface area contributed by atoms with Crippen molar-refractivity contribution >= 4 is 29.8 Å². The third-order valence-electron chi connectivity index (χ3n) is 6.03. The topological polar surface area (TPSA) is 61.2 Å². The fourth-order valence-electron chi connectivity index (χ4n) is 4.67. The molecule has 0 radical (unpaired) electrons. The van der Waals surface area contributed by atoms with Gasteiger partial charge in [0.05, 0.1) is 34.8 Å². The third kappa shape index (κ3) is 3.88. The number of benzene rings is 1. The van der Waals surface area contributed by atoms with E-state index in [1.54, 1.807) is 6.26 Å². The molecule has 1 aromatic carbocycles. The number of allylic oxidation sites excluding steroid dienone is 1. The van der Waals surface area contributed by atoms with Crippen molar-refractivity contribution in [2.24, 2.45) is 0 Å². The lowest BCUT2D eigenvalue weighted by Gasteiger charge is -2.27. The van der Waals surface area contributed by atoms with Crippen LogP contribution < -0.4 is 5.56 Å². The highest BCUT2D eigenvalue weighted by atomic mass is 32.1. The van der Waals surface area contributed by atoms with E-state index < -0.39 is 0 Å². The van der Waals surface area contributed by atoms with Gasteiger partial charge in [-0.05, 0) is 49.3 Å². The van der Waals surface area contributed by atoms with E-state index >= 15 is 0 Å². The van der Waals surface area contributed by atoms with Gasteiger partial charge in [-0.3, -0.25) is 4.79 Å². The SMILES string of the molecule is C=C1OCc2c(cc3n(c2=O)Cc2c-3nc3ccccc3c2CC)C1CC.CC=O.CS. The molecule has 3 aromatic rings. The second-order valence-corrected chi connectivity index (χ2v) is 7.59. The summed E-state index contributed by atoms with van der Waals surface area (Å²) in [6.45, 7) is 10.7. The van der Waals surface area contributed by atoms with Crippen molar-refractivity contribution in [1.29, 1.82) is 0 Å². The normalized spacial score (nSPS) is 15.3. The van der Waals surface area contributed by atoms with Gasteiger partial charge in [0.2, 0.25) is 0 Å². The number of hydrogen-bond donors (Lipinski definition) is 1. The number of fused-ring (bicyclic) bond motifs is 5. The first-order valence-corrected chi connectivity index (χ1v) is 11.8. The molecular formula is C26H30N2O3S. The molecule has 5 nitrogen and oxygen atoms in total. The molecule has 0 N–H and O–H groups in total. The number of pyridine rings is 2. The largest absolute Gasteiger partial charge is 0.493 e. The Bertz CT molecular complexity index is 1230. The molecule has 0 aliphatic carbocycles. The van der Waals surface area contributed by atoms with E-state index in [1.165, 1.54) is 23.4 Å². The minimum absolute atomic E-state index is 0.0533. The highest BCUT2D eigenvalue weighted by molar-refractivity contribution is 7.79. The molecule has 0 bridgehead atoms. The molecule has 168 valence electrons. The van der Waals surface area contributed by atoms with Gasteiger partial charge in [-0.2, -0.15) is 12.6 Å². The van der Waals surface area contributed by atoms with Crippen molar-refractivity contribution < 1.29 is 9.53 Å². The summed E-state index contributed by atoms with van der Waals surface area (Å²) in [5.74, 6) is 0.829. The number of carbonyl (C=O) groups is 1. The average molecular weight is 451 g/mol. The molecular weight excluding hydrogens is 420 g/mol. The van der Waals surface area contributed by atoms with E-state index in [1.807, 2.05) is 10.6 Å². The van der Waals surface area contributed by atoms with Crippen molar-refractivity contribution in [3.8, 4) is 11.4 Å². The lowest BCUT2D eigenvalue weighted by Crippen LogP contribution is -2.29.